The summed E-state index contributed by atoms with van der Waals surface area (Å²) in [7, 11) is 0. The van der Waals surface area contributed by atoms with Gasteiger partial charge in [-0.1, -0.05) is 26.7 Å². The summed E-state index contributed by atoms with van der Waals surface area (Å²) >= 11 is 0. The molecule has 0 radical (unpaired) electrons. The zero-order valence-electron chi connectivity index (χ0n) is 10.3. The van der Waals surface area contributed by atoms with E-state index in [-0.39, 0.29) is 0 Å². The third-order valence-electron chi connectivity index (χ3n) is 2.62. The Morgan fingerprint density at radius 3 is 2.56 bits per heavy atom. The van der Waals surface area contributed by atoms with Gasteiger partial charge >= 0.3 is 0 Å². The van der Waals surface area contributed by atoms with Gasteiger partial charge in [-0.15, -0.1) is 0 Å². The molecule has 0 spiro atoms. The van der Waals surface area contributed by atoms with Gasteiger partial charge in [0.15, 0.2) is 0 Å². The Labute approximate surface area is 98.3 Å². The van der Waals surface area contributed by atoms with Crippen LogP contribution in [-0.2, 0) is 6.42 Å². The molecule has 2 heteroatoms. The van der Waals surface area contributed by atoms with E-state index in [1.807, 2.05) is 12.1 Å². The van der Waals surface area contributed by atoms with Crippen molar-refractivity contribution in [3.63, 3.8) is 0 Å². The van der Waals surface area contributed by atoms with Crippen LogP contribution in [0.25, 0.3) is 0 Å². The Balaban J connectivity index is 2.58. The summed E-state index contributed by atoms with van der Waals surface area (Å²) in [6.07, 6.45) is 5.38. The zero-order chi connectivity index (χ0) is 11.8. The van der Waals surface area contributed by atoms with Crippen LogP contribution in [0.5, 0.6) is 11.5 Å². The van der Waals surface area contributed by atoms with Crippen molar-refractivity contribution in [3.05, 3.63) is 23.8 Å². The van der Waals surface area contributed by atoms with Crippen LogP contribution in [0.3, 0.4) is 0 Å². The minimum absolute atomic E-state index is 0.385. The van der Waals surface area contributed by atoms with Crippen molar-refractivity contribution in [3.8, 4) is 11.5 Å². The molecule has 1 N–H and O–H groups in total. The van der Waals surface area contributed by atoms with E-state index in [1.54, 1.807) is 6.07 Å². The maximum atomic E-state index is 9.68. The van der Waals surface area contributed by atoms with Crippen LogP contribution in [0.2, 0.25) is 0 Å². The third kappa shape index (κ3) is 4.13. The lowest BCUT2D eigenvalue weighted by atomic mass is 10.1. The molecule has 0 fully saturated rings. The first-order chi connectivity index (χ1) is 7.77. The molecule has 0 unspecified atom stereocenters. The van der Waals surface area contributed by atoms with Crippen LogP contribution in [0.1, 0.15) is 45.1 Å². The monoisotopic (exact) mass is 222 g/mol. The molecular formula is C14H22O2. The maximum absolute atomic E-state index is 9.68. The fourth-order valence-corrected chi connectivity index (χ4v) is 1.55. The summed E-state index contributed by atoms with van der Waals surface area (Å²) in [5.74, 6) is 1.26. The summed E-state index contributed by atoms with van der Waals surface area (Å²) in [6.45, 7) is 5.06. The van der Waals surface area contributed by atoms with E-state index in [2.05, 4.69) is 13.8 Å². The SMILES string of the molecule is CCCCOc1ccc(O)c(CCCC)c1. The number of ether oxygens (including phenoxy) is 1. The standard InChI is InChI=1S/C14H22O2/c1-3-5-7-12-11-13(8-9-14(12)15)16-10-6-4-2/h8-9,11,15H,3-7,10H2,1-2H3. The number of benzene rings is 1. The minimum Gasteiger partial charge on any atom is -0.508 e. The summed E-state index contributed by atoms with van der Waals surface area (Å²) < 4.78 is 5.61. The number of phenolic OH excluding ortho intramolecular Hbond substituents is 1. The Morgan fingerprint density at radius 1 is 1.12 bits per heavy atom. The van der Waals surface area contributed by atoms with E-state index in [0.717, 1.165) is 50.0 Å². The molecule has 0 aliphatic rings. The van der Waals surface area contributed by atoms with Gasteiger partial charge in [0, 0.05) is 0 Å². The molecule has 1 aromatic carbocycles. The molecule has 1 aromatic rings. The van der Waals surface area contributed by atoms with E-state index in [9.17, 15) is 5.11 Å². The minimum atomic E-state index is 0.385. The quantitative estimate of drug-likeness (QED) is 0.709. The second kappa shape index (κ2) is 7.15. The van der Waals surface area contributed by atoms with Crippen LogP contribution in [0.4, 0.5) is 0 Å². The normalized spacial score (nSPS) is 10.4. The number of phenols is 1. The maximum Gasteiger partial charge on any atom is 0.119 e. The molecule has 16 heavy (non-hydrogen) atoms. The van der Waals surface area contributed by atoms with Gasteiger partial charge in [-0.2, -0.15) is 0 Å². The lowest BCUT2D eigenvalue weighted by Crippen LogP contribution is -1.97. The zero-order valence-corrected chi connectivity index (χ0v) is 10.3. The summed E-state index contributed by atoms with van der Waals surface area (Å²) in [5, 5.41) is 9.68. The highest BCUT2D eigenvalue weighted by Crippen LogP contribution is 2.24. The van der Waals surface area contributed by atoms with Gasteiger partial charge in [0.1, 0.15) is 11.5 Å². The van der Waals surface area contributed by atoms with Gasteiger partial charge < -0.3 is 9.84 Å². The number of aromatic hydroxyl groups is 1. The molecule has 0 heterocycles. The molecule has 0 saturated carbocycles. The van der Waals surface area contributed by atoms with E-state index in [4.69, 9.17) is 4.74 Å². The lowest BCUT2D eigenvalue weighted by Gasteiger charge is -2.09. The molecule has 90 valence electrons. The number of rotatable bonds is 7. The van der Waals surface area contributed by atoms with Crippen molar-refractivity contribution in [2.45, 2.75) is 46.0 Å². The second-order valence-electron chi connectivity index (χ2n) is 4.10. The van der Waals surface area contributed by atoms with Crippen molar-refractivity contribution in [2.75, 3.05) is 6.61 Å². The van der Waals surface area contributed by atoms with E-state index in [0.29, 0.717) is 5.75 Å². The van der Waals surface area contributed by atoms with Crippen LogP contribution in [-0.4, -0.2) is 11.7 Å². The average Bonchev–Trinajstić information content (AvgIpc) is 2.30. The van der Waals surface area contributed by atoms with Gasteiger partial charge in [-0.05, 0) is 43.0 Å². The van der Waals surface area contributed by atoms with Crippen molar-refractivity contribution in [1.29, 1.82) is 0 Å². The van der Waals surface area contributed by atoms with Crippen LogP contribution in [0.15, 0.2) is 18.2 Å². The molecule has 0 aliphatic heterocycles. The third-order valence-corrected chi connectivity index (χ3v) is 2.62. The van der Waals surface area contributed by atoms with Crippen molar-refractivity contribution >= 4 is 0 Å². The van der Waals surface area contributed by atoms with Crippen LogP contribution < -0.4 is 4.74 Å². The first-order valence-electron chi connectivity index (χ1n) is 6.22. The molecule has 0 aliphatic carbocycles. The number of hydrogen-bond donors (Lipinski definition) is 1. The number of aryl methyl sites for hydroxylation is 1. The van der Waals surface area contributed by atoms with Gasteiger partial charge in [-0.25, -0.2) is 0 Å². The van der Waals surface area contributed by atoms with Gasteiger partial charge in [0.05, 0.1) is 6.61 Å². The van der Waals surface area contributed by atoms with Crippen LogP contribution >= 0.6 is 0 Å². The fourth-order valence-electron chi connectivity index (χ4n) is 1.55. The summed E-state index contributed by atoms with van der Waals surface area (Å²) in [4.78, 5) is 0. The summed E-state index contributed by atoms with van der Waals surface area (Å²) in [5.41, 5.74) is 0.996. The lowest BCUT2D eigenvalue weighted by molar-refractivity contribution is 0.308. The molecule has 0 saturated heterocycles. The molecule has 0 bridgehead atoms. The van der Waals surface area contributed by atoms with E-state index >= 15 is 0 Å². The Morgan fingerprint density at radius 2 is 1.88 bits per heavy atom. The highest BCUT2D eigenvalue weighted by molar-refractivity contribution is 5.39. The summed E-state index contributed by atoms with van der Waals surface area (Å²) in [6, 6.07) is 5.52. The average molecular weight is 222 g/mol. The van der Waals surface area contributed by atoms with Crippen molar-refractivity contribution < 1.29 is 9.84 Å². The Bertz CT molecular complexity index is 308. The first-order valence-corrected chi connectivity index (χ1v) is 6.22. The predicted octanol–water partition coefficient (Wildman–Crippen LogP) is 3.91. The fraction of sp³-hybridized carbons (Fsp3) is 0.571. The molecule has 2 nitrogen and oxygen atoms in total. The van der Waals surface area contributed by atoms with Crippen LogP contribution in [0, 0.1) is 0 Å². The topological polar surface area (TPSA) is 29.5 Å². The molecule has 0 amide bonds. The Hall–Kier alpha value is -1.18. The molecule has 0 atom stereocenters. The molecular weight excluding hydrogens is 200 g/mol. The highest BCUT2D eigenvalue weighted by Gasteiger charge is 2.03. The smallest absolute Gasteiger partial charge is 0.119 e. The van der Waals surface area contributed by atoms with E-state index in [1.165, 1.54) is 0 Å². The predicted molar refractivity (Wildman–Crippen MR) is 67.1 cm³/mol. The number of hydrogen-bond acceptors (Lipinski definition) is 2. The van der Waals surface area contributed by atoms with Crippen molar-refractivity contribution in [1.82, 2.24) is 0 Å². The molecule has 1 rings (SSSR count). The van der Waals surface area contributed by atoms with Gasteiger partial charge in [-0.3, -0.25) is 0 Å². The second-order valence-corrected chi connectivity index (χ2v) is 4.10. The van der Waals surface area contributed by atoms with E-state index < -0.39 is 0 Å². The molecule has 0 aromatic heterocycles. The largest absolute Gasteiger partial charge is 0.508 e. The first kappa shape index (κ1) is 12.9. The Kier molecular flexibility index (Phi) is 5.76. The highest BCUT2D eigenvalue weighted by atomic mass is 16.5. The van der Waals surface area contributed by atoms with Crippen molar-refractivity contribution in [2.24, 2.45) is 0 Å². The van der Waals surface area contributed by atoms with Gasteiger partial charge in [0.25, 0.3) is 0 Å². The van der Waals surface area contributed by atoms with Gasteiger partial charge in [0.2, 0.25) is 0 Å². The number of unbranched alkanes of at least 4 members (excludes halogenated alkanes) is 2.